The monoisotopic (exact) mass is 230 g/mol. The first-order valence-corrected chi connectivity index (χ1v) is 5.78. The fourth-order valence-corrected chi connectivity index (χ4v) is 1.88. The third-order valence-electron chi connectivity index (χ3n) is 2.76. The van der Waals surface area contributed by atoms with Crippen molar-refractivity contribution >= 4 is 0 Å². The molecule has 0 heterocycles. The number of hydrogen-bond donors (Lipinski definition) is 1. The van der Waals surface area contributed by atoms with Crippen molar-refractivity contribution in [2.75, 3.05) is 0 Å². The quantitative estimate of drug-likeness (QED) is 0.839. The van der Waals surface area contributed by atoms with Gasteiger partial charge in [-0.15, -0.1) is 0 Å². The maximum atomic E-state index is 13.1. The van der Waals surface area contributed by atoms with Crippen LogP contribution < -0.4 is 0 Å². The van der Waals surface area contributed by atoms with Gasteiger partial charge in [0.15, 0.2) is 0 Å². The molecule has 0 saturated heterocycles. The minimum Gasteiger partial charge on any atom is -0.507 e. The van der Waals surface area contributed by atoms with Gasteiger partial charge in [0.1, 0.15) is 11.6 Å². The van der Waals surface area contributed by atoms with Gasteiger partial charge in [0, 0.05) is 5.56 Å². The van der Waals surface area contributed by atoms with Crippen molar-refractivity contribution in [3.8, 4) is 16.9 Å². The first-order chi connectivity index (χ1) is 8.20. The topological polar surface area (TPSA) is 20.2 Å². The third-order valence-corrected chi connectivity index (χ3v) is 2.76. The maximum Gasteiger partial charge on any atom is 0.124 e. The molecule has 2 rings (SSSR count). The Morgan fingerprint density at radius 3 is 2.41 bits per heavy atom. The van der Waals surface area contributed by atoms with Crippen LogP contribution >= 0.6 is 0 Å². The molecule has 2 aromatic carbocycles. The van der Waals surface area contributed by atoms with Gasteiger partial charge < -0.3 is 5.11 Å². The molecule has 17 heavy (non-hydrogen) atoms. The summed E-state index contributed by atoms with van der Waals surface area (Å²) in [6.45, 7) is 2.13. The molecule has 0 aliphatic rings. The van der Waals surface area contributed by atoms with E-state index in [1.165, 1.54) is 23.8 Å². The molecule has 88 valence electrons. The molecule has 0 aliphatic heterocycles. The zero-order valence-electron chi connectivity index (χ0n) is 9.78. The summed E-state index contributed by atoms with van der Waals surface area (Å²) in [5.41, 5.74) is 2.63. The summed E-state index contributed by atoms with van der Waals surface area (Å²) in [7, 11) is 0. The van der Waals surface area contributed by atoms with Crippen LogP contribution in [0.4, 0.5) is 4.39 Å². The number of rotatable bonds is 3. The average Bonchev–Trinajstić information content (AvgIpc) is 2.34. The average molecular weight is 230 g/mol. The number of halogens is 1. The Kier molecular flexibility index (Phi) is 3.43. The lowest BCUT2D eigenvalue weighted by Crippen LogP contribution is -1.85. The second kappa shape index (κ2) is 5.00. The van der Waals surface area contributed by atoms with Gasteiger partial charge in [0.05, 0.1) is 0 Å². The van der Waals surface area contributed by atoms with Gasteiger partial charge in [-0.05, 0) is 35.7 Å². The Bertz CT molecular complexity index is 503. The number of aryl methyl sites for hydroxylation is 1. The lowest BCUT2D eigenvalue weighted by atomic mass is 10.0. The second-order valence-corrected chi connectivity index (χ2v) is 4.11. The lowest BCUT2D eigenvalue weighted by Gasteiger charge is -2.06. The van der Waals surface area contributed by atoms with Gasteiger partial charge >= 0.3 is 0 Å². The van der Waals surface area contributed by atoms with E-state index in [4.69, 9.17) is 0 Å². The highest BCUT2D eigenvalue weighted by Gasteiger charge is 2.05. The van der Waals surface area contributed by atoms with Crippen LogP contribution in [0.2, 0.25) is 0 Å². The van der Waals surface area contributed by atoms with Gasteiger partial charge in [-0.2, -0.15) is 0 Å². The predicted molar refractivity (Wildman–Crippen MR) is 67.5 cm³/mol. The summed E-state index contributed by atoms with van der Waals surface area (Å²) >= 11 is 0. The molecule has 0 bridgehead atoms. The van der Waals surface area contributed by atoms with Crippen molar-refractivity contribution < 1.29 is 9.50 Å². The van der Waals surface area contributed by atoms with E-state index in [9.17, 15) is 9.50 Å². The van der Waals surface area contributed by atoms with Gasteiger partial charge in [0.2, 0.25) is 0 Å². The van der Waals surface area contributed by atoms with E-state index in [0.29, 0.717) is 5.56 Å². The Hall–Kier alpha value is -1.83. The van der Waals surface area contributed by atoms with Crippen molar-refractivity contribution in [3.63, 3.8) is 0 Å². The number of hydrogen-bond acceptors (Lipinski definition) is 1. The van der Waals surface area contributed by atoms with E-state index in [1.807, 2.05) is 24.3 Å². The molecule has 0 aliphatic carbocycles. The molecule has 2 heteroatoms. The van der Waals surface area contributed by atoms with E-state index in [1.54, 1.807) is 0 Å². The minimum atomic E-state index is -0.338. The lowest BCUT2D eigenvalue weighted by molar-refractivity contribution is 0.475. The summed E-state index contributed by atoms with van der Waals surface area (Å²) < 4.78 is 13.1. The van der Waals surface area contributed by atoms with Gasteiger partial charge in [-0.1, -0.05) is 37.6 Å². The summed E-state index contributed by atoms with van der Waals surface area (Å²) in [4.78, 5) is 0. The zero-order chi connectivity index (χ0) is 12.3. The number of phenolic OH excluding ortho intramolecular Hbond substituents is 1. The summed E-state index contributed by atoms with van der Waals surface area (Å²) in [6, 6.07) is 11.9. The minimum absolute atomic E-state index is 0.106. The Labute approximate surface area is 101 Å². The highest BCUT2D eigenvalue weighted by atomic mass is 19.1. The predicted octanol–water partition coefficient (Wildman–Crippen LogP) is 4.15. The Balaban J connectivity index is 2.36. The Morgan fingerprint density at radius 1 is 1.06 bits per heavy atom. The first kappa shape index (κ1) is 11.6. The summed E-state index contributed by atoms with van der Waals surface area (Å²) in [5.74, 6) is -0.231. The molecule has 2 aromatic rings. The molecule has 0 fully saturated rings. The molecule has 0 aromatic heterocycles. The molecule has 0 saturated carbocycles. The van der Waals surface area contributed by atoms with Gasteiger partial charge in [-0.25, -0.2) is 4.39 Å². The van der Waals surface area contributed by atoms with Crippen LogP contribution in [-0.4, -0.2) is 5.11 Å². The zero-order valence-corrected chi connectivity index (χ0v) is 9.78. The molecule has 0 spiro atoms. The first-order valence-electron chi connectivity index (χ1n) is 5.78. The number of phenols is 1. The molecule has 1 N–H and O–H groups in total. The van der Waals surface area contributed by atoms with Crippen molar-refractivity contribution in [1.82, 2.24) is 0 Å². The highest BCUT2D eigenvalue weighted by molar-refractivity contribution is 5.70. The van der Waals surface area contributed by atoms with Crippen LogP contribution in [0.15, 0.2) is 42.5 Å². The second-order valence-electron chi connectivity index (χ2n) is 4.11. The molecule has 0 radical (unpaired) electrons. The maximum absolute atomic E-state index is 13.1. The van der Waals surface area contributed by atoms with E-state index in [2.05, 4.69) is 6.92 Å². The van der Waals surface area contributed by atoms with Crippen LogP contribution in [0.3, 0.4) is 0 Å². The number of aromatic hydroxyl groups is 1. The summed E-state index contributed by atoms with van der Waals surface area (Å²) in [6.07, 6.45) is 2.14. The largest absolute Gasteiger partial charge is 0.507 e. The fraction of sp³-hybridized carbons (Fsp3) is 0.200. The van der Waals surface area contributed by atoms with E-state index in [-0.39, 0.29) is 11.6 Å². The van der Waals surface area contributed by atoms with Crippen LogP contribution in [0, 0.1) is 5.82 Å². The molecule has 0 atom stereocenters. The van der Waals surface area contributed by atoms with Crippen LogP contribution in [0.25, 0.3) is 11.1 Å². The van der Waals surface area contributed by atoms with Crippen LogP contribution in [0.1, 0.15) is 18.9 Å². The van der Waals surface area contributed by atoms with Crippen molar-refractivity contribution in [3.05, 3.63) is 53.8 Å². The van der Waals surface area contributed by atoms with Gasteiger partial charge in [0.25, 0.3) is 0 Å². The van der Waals surface area contributed by atoms with Crippen molar-refractivity contribution in [2.24, 2.45) is 0 Å². The van der Waals surface area contributed by atoms with E-state index in [0.717, 1.165) is 18.4 Å². The molecular formula is C15H15FO. The normalized spacial score (nSPS) is 10.5. The summed E-state index contributed by atoms with van der Waals surface area (Å²) in [5, 5.41) is 9.69. The molecule has 1 nitrogen and oxygen atoms in total. The fourth-order valence-electron chi connectivity index (χ4n) is 1.88. The van der Waals surface area contributed by atoms with Gasteiger partial charge in [-0.3, -0.25) is 0 Å². The third kappa shape index (κ3) is 2.64. The van der Waals surface area contributed by atoms with E-state index < -0.39 is 0 Å². The van der Waals surface area contributed by atoms with Crippen LogP contribution in [-0.2, 0) is 6.42 Å². The standard InChI is InChI=1S/C15H15FO/c1-2-3-11-4-6-12(7-5-11)14-10-13(16)8-9-15(14)17/h4-10,17H,2-3H2,1H3. The SMILES string of the molecule is CCCc1ccc(-c2cc(F)ccc2O)cc1. The van der Waals surface area contributed by atoms with Crippen molar-refractivity contribution in [1.29, 1.82) is 0 Å². The number of benzene rings is 2. The molecule has 0 unspecified atom stereocenters. The van der Waals surface area contributed by atoms with Crippen LogP contribution in [0.5, 0.6) is 5.75 Å². The van der Waals surface area contributed by atoms with Crippen molar-refractivity contribution in [2.45, 2.75) is 19.8 Å². The smallest absolute Gasteiger partial charge is 0.124 e. The highest BCUT2D eigenvalue weighted by Crippen LogP contribution is 2.29. The molecular weight excluding hydrogens is 215 g/mol. The Morgan fingerprint density at radius 2 is 1.76 bits per heavy atom. The molecule has 0 amide bonds. The van der Waals surface area contributed by atoms with E-state index >= 15 is 0 Å².